The van der Waals surface area contributed by atoms with Crippen molar-refractivity contribution in [3.8, 4) is 11.1 Å². The summed E-state index contributed by atoms with van der Waals surface area (Å²) < 4.78 is 38.9. The number of anilines is 2. The van der Waals surface area contributed by atoms with Gasteiger partial charge in [0, 0.05) is 25.0 Å². The molecule has 1 saturated heterocycles. The molecule has 0 radical (unpaired) electrons. The van der Waals surface area contributed by atoms with Gasteiger partial charge in [-0.25, -0.2) is 9.78 Å². The second-order valence-electron chi connectivity index (χ2n) is 7.86. The third-order valence-electron chi connectivity index (χ3n) is 5.44. The van der Waals surface area contributed by atoms with E-state index < -0.39 is 23.7 Å². The van der Waals surface area contributed by atoms with Gasteiger partial charge in [0.25, 0.3) is 5.91 Å². The number of alkyl halides is 3. The average Bonchev–Trinajstić information content (AvgIpc) is 3.02. The number of nitrogens with one attached hydrogen (secondary N) is 1. The third kappa shape index (κ3) is 4.63. The maximum Gasteiger partial charge on any atom is 0.416 e. The van der Waals surface area contributed by atoms with Gasteiger partial charge in [-0.2, -0.15) is 18.2 Å². The van der Waals surface area contributed by atoms with Gasteiger partial charge in [-0.05, 0) is 36.8 Å². The van der Waals surface area contributed by atoms with Crippen LogP contribution in [0, 0.1) is 0 Å². The maximum absolute atomic E-state index is 13.0. The lowest BCUT2D eigenvalue weighted by atomic mass is 10.0. The predicted octanol–water partition coefficient (Wildman–Crippen LogP) is 3.24. The lowest BCUT2D eigenvalue weighted by Crippen LogP contribution is -2.44. The molecule has 2 amide bonds. The number of aromatic nitrogens is 3. The topological polar surface area (TPSA) is 115 Å². The monoisotopic (exact) mass is 474 g/mol. The zero-order valence-corrected chi connectivity index (χ0v) is 18.2. The van der Waals surface area contributed by atoms with Gasteiger partial charge in [0.15, 0.2) is 0 Å². The van der Waals surface area contributed by atoms with Crippen LogP contribution in [0.3, 0.4) is 0 Å². The molecule has 3 aromatic rings. The fraction of sp³-hybridized carbons (Fsp3) is 0.273. The van der Waals surface area contributed by atoms with E-state index >= 15 is 0 Å². The molecule has 0 aliphatic carbocycles. The fourth-order valence-electron chi connectivity index (χ4n) is 3.44. The summed E-state index contributed by atoms with van der Waals surface area (Å²) >= 11 is 0. The molecule has 1 aromatic carbocycles. The quantitative estimate of drug-likeness (QED) is 0.487. The summed E-state index contributed by atoms with van der Waals surface area (Å²) in [5.74, 6) is -1.95. The van der Waals surface area contributed by atoms with E-state index in [1.54, 1.807) is 25.1 Å². The highest BCUT2D eigenvalue weighted by molar-refractivity contribution is 5.93. The Hall–Kier alpha value is -3.77. The number of amides is 2. The Labute approximate surface area is 192 Å². The molecule has 12 heteroatoms. The number of β-amino-alcohol motifs (C(OH)–C–C–N with tert-alkyl or cyclic N) is 2. The molecule has 2 aromatic heterocycles. The van der Waals surface area contributed by atoms with Crippen molar-refractivity contribution in [2.24, 2.45) is 0 Å². The zero-order valence-electron chi connectivity index (χ0n) is 18.2. The minimum absolute atomic E-state index is 0.178. The minimum atomic E-state index is -4.43. The van der Waals surface area contributed by atoms with Crippen molar-refractivity contribution in [1.29, 1.82) is 0 Å². The van der Waals surface area contributed by atoms with E-state index in [4.69, 9.17) is 0 Å². The molecule has 0 spiro atoms. The van der Waals surface area contributed by atoms with E-state index in [1.165, 1.54) is 31.6 Å². The van der Waals surface area contributed by atoms with Crippen LogP contribution in [-0.4, -0.2) is 55.6 Å². The van der Waals surface area contributed by atoms with E-state index in [1.807, 2.05) is 0 Å². The Morgan fingerprint density at radius 1 is 1.12 bits per heavy atom. The summed E-state index contributed by atoms with van der Waals surface area (Å²) in [4.78, 5) is 26.9. The van der Waals surface area contributed by atoms with Gasteiger partial charge < -0.3 is 15.5 Å². The van der Waals surface area contributed by atoms with Crippen molar-refractivity contribution >= 4 is 17.8 Å². The molecular formula is C22H21F3N6O3. The molecule has 3 N–H and O–H groups in total. The number of rotatable bonds is 5. The summed E-state index contributed by atoms with van der Waals surface area (Å²) in [6.07, 6.45) is -1.52. The Morgan fingerprint density at radius 2 is 1.88 bits per heavy atom. The number of hydrogen-bond donors (Lipinski definition) is 3. The molecule has 178 valence electrons. The van der Waals surface area contributed by atoms with Crippen LogP contribution >= 0.6 is 0 Å². The number of hydrogen-bond acceptors (Lipinski definition) is 7. The Morgan fingerprint density at radius 3 is 2.50 bits per heavy atom. The number of nitrogens with zero attached hydrogens (tertiary/aromatic N) is 5. The van der Waals surface area contributed by atoms with E-state index in [0.29, 0.717) is 16.8 Å². The molecule has 1 fully saturated rings. The zero-order chi connectivity index (χ0) is 24.7. The first-order valence-electron chi connectivity index (χ1n) is 10.2. The molecule has 3 heterocycles. The fourth-order valence-corrected chi connectivity index (χ4v) is 3.44. The smallest absolute Gasteiger partial charge is 0.347 e. The highest BCUT2D eigenvalue weighted by Gasteiger charge is 2.46. The average molecular weight is 474 g/mol. The van der Waals surface area contributed by atoms with Crippen LogP contribution in [0.1, 0.15) is 24.2 Å². The normalized spacial score (nSPS) is 16.6. The number of pyridine rings is 1. The number of aliphatic hydroxyl groups is 2. The van der Waals surface area contributed by atoms with Crippen LogP contribution in [0.5, 0.6) is 0 Å². The second kappa shape index (κ2) is 8.54. The minimum Gasteiger partial charge on any atom is -0.347 e. The van der Waals surface area contributed by atoms with Gasteiger partial charge in [-0.15, -0.1) is 0 Å². The van der Waals surface area contributed by atoms with Gasteiger partial charge in [0.05, 0.1) is 17.3 Å². The number of benzene rings is 1. The van der Waals surface area contributed by atoms with Crippen LogP contribution in [0.4, 0.5) is 29.7 Å². The molecule has 34 heavy (non-hydrogen) atoms. The molecule has 1 aliphatic rings. The summed E-state index contributed by atoms with van der Waals surface area (Å²) in [5.41, 5.74) is 0.790. The van der Waals surface area contributed by atoms with Crippen molar-refractivity contribution in [1.82, 2.24) is 19.9 Å². The summed E-state index contributed by atoms with van der Waals surface area (Å²) in [6.45, 7) is 1.41. The molecular weight excluding hydrogens is 453 g/mol. The molecule has 1 unspecified atom stereocenters. The second-order valence-corrected chi connectivity index (χ2v) is 7.86. The summed E-state index contributed by atoms with van der Waals surface area (Å²) in [7, 11) is 1.26. The van der Waals surface area contributed by atoms with Gasteiger partial charge in [0.2, 0.25) is 5.95 Å². The first-order chi connectivity index (χ1) is 16.0. The predicted molar refractivity (Wildman–Crippen MR) is 116 cm³/mol. The Balaban J connectivity index is 1.48. The SMILES string of the molecule is CC(Nc1nccc(N2CC(O)(O)N(C)C2=O)n1)c1ccc(-c2cccc(C(F)(F)F)c2)cn1. The van der Waals surface area contributed by atoms with E-state index in [-0.39, 0.29) is 24.4 Å². The third-order valence-corrected chi connectivity index (χ3v) is 5.44. The van der Waals surface area contributed by atoms with Crippen molar-refractivity contribution in [3.63, 3.8) is 0 Å². The van der Waals surface area contributed by atoms with Crippen molar-refractivity contribution < 1.29 is 28.2 Å². The lowest BCUT2D eigenvalue weighted by Gasteiger charge is -2.20. The molecule has 1 atom stereocenters. The number of halogens is 3. The molecule has 1 aliphatic heterocycles. The first kappa shape index (κ1) is 23.4. The van der Waals surface area contributed by atoms with Crippen molar-refractivity contribution in [2.75, 3.05) is 23.8 Å². The largest absolute Gasteiger partial charge is 0.416 e. The Bertz CT molecular complexity index is 1200. The first-order valence-corrected chi connectivity index (χ1v) is 10.2. The number of carbonyl (C=O) groups excluding carboxylic acids is 1. The van der Waals surface area contributed by atoms with Gasteiger partial charge >= 0.3 is 12.2 Å². The van der Waals surface area contributed by atoms with Gasteiger partial charge in [0.1, 0.15) is 12.4 Å². The van der Waals surface area contributed by atoms with Gasteiger partial charge in [-0.3, -0.25) is 14.8 Å². The van der Waals surface area contributed by atoms with Crippen LogP contribution in [0.2, 0.25) is 0 Å². The van der Waals surface area contributed by atoms with Crippen LogP contribution < -0.4 is 10.2 Å². The highest BCUT2D eigenvalue weighted by Crippen LogP contribution is 2.32. The molecule has 0 bridgehead atoms. The summed E-state index contributed by atoms with van der Waals surface area (Å²) in [6, 6.07) is 8.83. The van der Waals surface area contributed by atoms with Crippen LogP contribution in [0.25, 0.3) is 11.1 Å². The molecule has 0 saturated carbocycles. The van der Waals surface area contributed by atoms with E-state index in [9.17, 15) is 28.2 Å². The maximum atomic E-state index is 13.0. The molecule has 9 nitrogen and oxygen atoms in total. The number of likely N-dealkylation sites (N-methyl/N-ethyl adjacent to an activating group) is 1. The number of urea groups is 1. The van der Waals surface area contributed by atoms with Crippen LogP contribution in [0.15, 0.2) is 54.9 Å². The lowest BCUT2D eigenvalue weighted by molar-refractivity contribution is -0.214. The molecule has 4 rings (SSSR count). The highest BCUT2D eigenvalue weighted by atomic mass is 19.4. The van der Waals surface area contributed by atoms with Crippen LogP contribution in [-0.2, 0) is 6.18 Å². The van der Waals surface area contributed by atoms with Gasteiger partial charge in [-0.1, -0.05) is 18.2 Å². The van der Waals surface area contributed by atoms with E-state index in [0.717, 1.165) is 21.9 Å². The van der Waals surface area contributed by atoms with Crippen molar-refractivity contribution in [2.45, 2.75) is 25.1 Å². The van der Waals surface area contributed by atoms with E-state index in [2.05, 4.69) is 20.3 Å². The standard InChI is InChI=1S/C22H21F3N6O3/c1-13(17-7-6-15(11-27-17)14-4-3-5-16(10-14)22(23,24)25)28-19-26-9-8-18(29-19)31-12-21(33,34)30(2)20(31)32/h3-11,13,33-34H,12H2,1-2H3,(H,26,28,29). The Kier molecular flexibility index (Phi) is 5.87. The van der Waals surface area contributed by atoms with Crippen molar-refractivity contribution in [3.05, 3.63) is 66.1 Å². The summed E-state index contributed by atoms with van der Waals surface area (Å²) in [5, 5.41) is 22.8. The number of carbonyl (C=O) groups is 1.